The zero-order valence-electron chi connectivity index (χ0n) is 13.1. The number of pyridine rings is 1. The number of rotatable bonds is 3. The number of carbonyl (C=O) groups excluding carboxylic acids is 2. The Balaban J connectivity index is 1.95. The highest BCUT2D eigenvalue weighted by Crippen LogP contribution is 2.27. The van der Waals surface area contributed by atoms with Crippen molar-refractivity contribution in [3.63, 3.8) is 0 Å². The molecule has 0 radical (unpaired) electrons. The van der Waals surface area contributed by atoms with Crippen LogP contribution in [0.1, 0.15) is 22.0 Å². The monoisotopic (exact) mass is 328 g/mol. The number of carbonyl (C=O) groups is 2. The van der Waals surface area contributed by atoms with Crippen molar-refractivity contribution in [2.45, 2.75) is 6.04 Å². The van der Waals surface area contributed by atoms with Crippen molar-refractivity contribution in [3.05, 3.63) is 59.5 Å². The Morgan fingerprint density at radius 1 is 1.33 bits per heavy atom. The van der Waals surface area contributed by atoms with Gasteiger partial charge in [-0.1, -0.05) is 18.2 Å². The smallest absolute Gasteiger partial charge is 0.256 e. The molecule has 2 amide bonds. The zero-order valence-corrected chi connectivity index (χ0v) is 13.1. The summed E-state index contributed by atoms with van der Waals surface area (Å²) in [6.07, 6.45) is 1.44. The average Bonchev–Trinajstić information content (AvgIpc) is 2.62. The average molecular weight is 328 g/mol. The number of aromatic nitrogens is 1. The quantitative estimate of drug-likeness (QED) is 0.897. The van der Waals surface area contributed by atoms with Gasteiger partial charge in [-0.25, -0.2) is 9.37 Å². The van der Waals surface area contributed by atoms with Crippen LogP contribution in [0.5, 0.6) is 0 Å². The van der Waals surface area contributed by atoms with Crippen molar-refractivity contribution in [1.29, 1.82) is 0 Å². The van der Waals surface area contributed by atoms with Crippen LogP contribution in [0.4, 0.5) is 10.2 Å². The second-order valence-corrected chi connectivity index (χ2v) is 5.40. The van der Waals surface area contributed by atoms with Crippen LogP contribution in [0.15, 0.2) is 42.6 Å². The lowest BCUT2D eigenvalue weighted by molar-refractivity contribution is -0.128. The van der Waals surface area contributed by atoms with Crippen LogP contribution in [0.3, 0.4) is 0 Å². The normalized spacial score (nSPS) is 17.3. The molecule has 6 nitrogen and oxygen atoms in total. The molecule has 1 atom stereocenters. The van der Waals surface area contributed by atoms with Crippen LogP contribution in [-0.2, 0) is 4.79 Å². The highest BCUT2D eigenvalue weighted by atomic mass is 19.1. The standard InChI is InChI=1S/C17H17FN4O2/c1-19-14-7-6-11(10-21-14)17(24)22-9-8-20-16(23)15(22)12-4-2-3-5-13(12)18/h2-7,10,15H,8-9H2,1H3,(H,19,21)(H,20,23). The predicted octanol–water partition coefficient (Wildman–Crippen LogP) is 1.58. The van der Waals surface area contributed by atoms with E-state index in [9.17, 15) is 14.0 Å². The van der Waals surface area contributed by atoms with Crippen molar-refractivity contribution < 1.29 is 14.0 Å². The van der Waals surface area contributed by atoms with E-state index in [1.54, 1.807) is 31.3 Å². The lowest BCUT2D eigenvalue weighted by atomic mass is 10.0. The number of halogens is 1. The molecule has 1 fully saturated rings. The molecule has 0 aliphatic carbocycles. The van der Waals surface area contributed by atoms with Crippen LogP contribution in [0.2, 0.25) is 0 Å². The Labute approximate surface area is 138 Å². The molecule has 0 saturated carbocycles. The number of nitrogens with one attached hydrogen (secondary N) is 2. The number of anilines is 1. The van der Waals surface area contributed by atoms with E-state index in [0.717, 1.165) is 0 Å². The van der Waals surface area contributed by atoms with Gasteiger partial charge in [-0.15, -0.1) is 0 Å². The largest absolute Gasteiger partial charge is 0.373 e. The van der Waals surface area contributed by atoms with Gasteiger partial charge in [-0.05, 0) is 18.2 Å². The zero-order chi connectivity index (χ0) is 17.1. The van der Waals surface area contributed by atoms with Crippen molar-refractivity contribution in [2.75, 3.05) is 25.5 Å². The van der Waals surface area contributed by atoms with Gasteiger partial charge in [0.1, 0.15) is 17.7 Å². The molecule has 0 spiro atoms. The number of hydrogen-bond acceptors (Lipinski definition) is 4. The summed E-state index contributed by atoms with van der Waals surface area (Å²) in [5.74, 6) is -0.623. The number of benzene rings is 1. The van der Waals surface area contributed by atoms with Gasteiger partial charge >= 0.3 is 0 Å². The molecular formula is C17H17FN4O2. The third kappa shape index (κ3) is 2.92. The topological polar surface area (TPSA) is 74.3 Å². The minimum Gasteiger partial charge on any atom is -0.373 e. The number of piperazine rings is 1. The maximum atomic E-state index is 14.1. The van der Waals surface area contributed by atoms with Crippen molar-refractivity contribution >= 4 is 17.6 Å². The molecular weight excluding hydrogens is 311 g/mol. The van der Waals surface area contributed by atoms with Crippen LogP contribution < -0.4 is 10.6 Å². The van der Waals surface area contributed by atoms with Gasteiger partial charge in [0.15, 0.2) is 0 Å². The molecule has 0 bridgehead atoms. The van der Waals surface area contributed by atoms with Gasteiger partial charge in [-0.2, -0.15) is 0 Å². The molecule has 24 heavy (non-hydrogen) atoms. The van der Waals surface area contributed by atoms with E-state index < -0.39 is 11.9 Å². The summed E-state index contributed by atoms with van der Waals surface area (Å²) in [6, 6.07) is 8.31. The summed E-state index contributed by atoms with van der Waals surface area (Å²) in [4.78, 5) is 30.6. The molecule has 2 aromatic rings. The highest BCUT2D eigenvalue weighted by Gasteiger charge is 2.36. The van der Waals surface area contributed by atoms with E-state index in [2.05, 4.69) is 15.6 Å². The Kier molecular flexibility index (Phi) is 4.41. The Hall–Kier alpha value is -2.96. The third-order valence-electron chi connectivity index (χ3n) is 3.94. The molecule has 2 heterocycles. The molecule has 2 N–H and O–H groups in total. The lowest BCUT2D eigenvalue weighted by Crippen LogP contribution is -2.52. The first-order valence-electron chi connectivity index (χ1n) is 7.58. The molecule has 7 heteroatoms. The fraction of sp³-hybridized carbons (Fsp3) is 0.235. The summed E-state index contributed by atoms with van der Waals surface area (Å²) in [6.45, 7) is 0.634. The van der Waals surface area contributed by atoms with Gasteiger partial charge in [0.25, 0.3) is 5.91 Å². The van der Waals surface area contributed by atoms with Gasteiger partial charge in [0, 0.05) is 31.9 Å². The highest BCUT2D eigenvalue weighted by molar-refractivity contribution is 5.98. The first-order valence-corrected chi connectivity index (χ1v) is 7.58. The van der Waals surface area contributed by atoms with Crippen LogP contribution in [-0.4, -0.2) is 41.8 Å². The molecule has 1 aromatic heterocycles. The van der Waals surface area contributed by atoms with E-state index in [-0.39, 0.29) is 17.4 Å². The molecule has 124 valence electrons. The number of hydrogen-bond donors (Lipinski definition) is 2. The number of amides is 2. The first kappa shape index (κ1) is 15.9. The van der Waals surface area contributed by atoms with E-state index in [0.29, 0.717) is 24.5 Å². The van der Waals surface area contributed by atoms with Crippen molar-refractivity contribution in [3.8, 4) is 0 Å². The van der Waals surface area contributed by atoms with Gasteiger partial charge in [0.2, 0.25) is 5.91 Å². The van der Waals surface area contributed by atoms with E-state index in [1.807, 2.05) is 0 Å². The van der Waals surface area contributed by atoms with Crippen LogP contribution in [0.25, 0.3) is 0 Å². The fourth-order valence-electron chi connectivity index (χ4n) is 2.73. The SMILES string of the molecule is CNc1ccc(C(=O)N2CCNC(=O)C2c2ccccc2F)cn1. The summed E-state index contributed by atoms with van der Waals surface area (Å²) in [7, 11) is 1.73. The van der Waals surface area contributed by atoms with Crippen molar-refractivity contribution in [1.82, 2.24) is 15.2 Å². The van der Waals surface area contributed by atoms with Crippen LogP contribution in [0, 0.1) is 5.82 Å². The Bertz CT molecular complexity index is 763. The van der Waals surface area contributed by atoms with Gasteiger partial charge in [-0.3, -0.25) is 9.59 Å². The summed E-state index contributed by atoms with van der Waals surface area (Å²) < 4.78 is 14.1. The molecule has 1 saturated heterocycles. The first-order chi connectivity index (χ1) is 11.6. The third-order valence-corrected chi connectivity index (χ3v) is 3.94. The van der Waals surface area contributed by atoms with Crippen molar-refractivity contribution in [2.24, 2.45) is 0 Å². The van der Waals surface area contributed by atoms with Gasteiger partial charge < -0.3 is 15.5 Å². The second kappa shape index (κ2) is 6.66. The van der Waals surface area contributed by atoms with E-state index in [4.69, 9.17) is 0 Å². The molecule has 1 aliphatic heterocycles. The number of nitrogens with zero attached hydrogens (tertiary/aromatic N) is 2. The molecule has 1 unspecified atom stereocenters. The maximum Gasteiger partial charge on any atom is 0.256 e. The van der Waals surface area contributed by atoms with E-state index >= 15 is 0 Å². The fourth-order valence-corrected chi connectivity index (χ4v) is 2.73. The second-order valence-electron chi connectivity index (χ2n) is 5.40. The Morgan fingerprint density at radius 2 is 2.12 bits per heavy atom. The summed E-state index contributed by atoms with van der Waals surface area (Å²) >= 11 is 0. The molecule has 3 rings (SSSR count). The minimum absolute atomic E-state index is 0.183. The molecule has 1 aromatic carbocycles. The van der Waals surface area contributed by atoms with Crippen LogP contribution >= 0.6 is 0 Å². The minimum atomic E-state index is -0.989. The van der Waals surface area contributed by atoms with E-state index in [1.165, 1.54) is 23.2 Å². The summed E-state index contributed by atoms with van der Waals surface area (Å²) in [5, 5.41) is 5.56. The Morgan fingerprint density at radius 3 is 2.79 bits per heavy atom. The molecule has 1 aliphatic rings. The maximum absolute atomic E-state index is 14.1. The summed E-state index contributed by atoms with van der Waals surface area (Å²) in [5.41, 5.74) is 0.535. The van der Waals surface area contributed by atoms with Gasteiger partial charge in [0.05, 0.1) is 5.56 Å². The lowest BCUT2D eigenvalue weighted by Gasteiger charge is -2.35. The predicted molar refractivity (Wildman–Crippen MR) is 87.0 cm³/mol.